The molecule has 0 bridgehead atoms. The van der Waals surface area contributed by atoms with E-state index in [1.54, 1.807) is 18.2 Å². The molecule has 1 amide bonds. The maximum Gasteiger partial charge on any atom is 0.251 e. The lowest BCUT2D eigenvalue weighted by atomic mass is 10.1. The van der Waals surface area contributed by atoms with E-state index in [-0.39, 0.29) is 5.91 Å². The highest BCUT2D eigenvalue weighted by atomic mass is 35.5. The Kier molecular flexibility index (Phi) is 5.28. The van der Waals surface area contributed by atoms with Gasteiger partial charge < -0.3 is 5.32 Å². The first-order valence-electron chi connectivity index (χ1n) is 6.46. The van der Waals surface area contributed by atoms with Crippen LogP contribution < -0.4 is 5.32 Å². The van der Waals surface area contributed by atoms with Crippen molar-refractivity contribution in [2.24, 2.45) is 0 Å². The van der Waals surface area contributed by atoms with Gasteiger partial charge in [-0.25, -0.2) is 8.78 Å². The first-order chi connectivity index (χ1) is 10.1. The SMILES string of the molecule is O=C(NCCc1cc(F)cc(F)c1)c1cccc(CCl)c1. The van der Waals surface area contributed by atoms with Crippen LogP contribution in [0.25, 0.3) is 0 Å². The summed E-state index contributed by atoms with van der Waals surface area (Å²) in [7, 11) is 0. The van der Waals surface area contributed by atoms with Gasteiger partial charge in [0.05, 0.1) is 0 Å². The summed E-state index contributed by atoms with van der Waals surface area (Å²) in [6.07, 6.45) is 0.357. The summed E-state index contributed by atoms with van der Waals surface area (Å²) in [5, 5.41) is 2.71. The lowest BCUT2D eigenvalue weighted by Gasteiger charge is -2.07. The molecule has 0 aromatic heterocycles. The lowest BCUT2D eigenvalue weighted by molar-refractivity contribution is 0.0954. The Morgan fingerprint density at radius 2 is 1.76 bits per heavy atom. The predicted molar refractivity (Wildman–Crippen MR) is 78.4 cm³/mol. The molecule has 0 spiro atoms. The molecule has 110 valence electrons. The molecular formula is C16H14ClF2NO. The van der Waals surface area contributed by atoms with E-state index in [4.69, 9.17) is 11.6 Å². The van der Waals surface area contributed by atoms with Gasteiger partial charge in [0.15, 0.2) is 0 Å². The van der Waals surface area contributed by atoms with Crippen LogP contribution in [-0.4, -0.2) is 12.5 Å². The standard InChI is InChI=1S/C16H14ClF2NO/c17-10-12-2-1-3-13(6-12)16(21)20-5-4-11-7-14(18)9-15(19)8-11/h1-3,6-9H,4-5,10H2,(H,20,21). The molecule has 0 aliphatic rings. The molecule has 0 saturated carbocycles. The number of alkyl halides is 1. The Morgan fingerprint density at radius 3 is 2.43 bits per heavy atom. The zero-order valence-electron chi connectivity index (χ0n) is 11.2. The molecule has 2 aromatic carbocycles. The molecule has 0 fully saturated rings. The minimum atomic E-state index is -0.619. The van der Waals surface area contributed by atoms with Crippen LogP contribution in [0.1, 0.15) is 21.5 Å². The van der Waals surface area contributed by atoms with Gasteiger partial charge in [0.1, 0.15) is 11.6 Å². The van der Waals surface area contributed by atoms with Gasteiger partial charge in [0, 0.05) is 24.1 Å². The quantitative estimate of drug-likeness (QED) is 0.839. The summed E-state index contributed by atoms with van der Waals surface area (Å²) in [5.74, 6) is -1.14. The van der Waals surface area contributed by atoms with E-state index in [0.29, 0.717) is 30.0 Å². The summed E-state index contributed by atoms with van der Waals surface area (Å²) >= 11 is 5.71. The number of hydrogen-bond acceptors (Lipinski definition) is 1. The molecule has 2 aromatic rings. The predicted octanol–water partition coefficient (Wildman–Crippen LogP) is 3.68. The van der Waals surface area contributed by atoms with Crippen LogP contribution in [0.3, 0.4) is 0 Å². The van der Waals surface area contributed by atoms with E-state index < -0.39 is 11.6 Å². The highest BCUT2D eigenvalue weighted by Gasteiger charge is 2.06. The first-order valence-corrected chi connectivity index (χ1v) is 7.00. The van der Waals surface area contributed by atoms with Crippen LogP contribution >= 0.6 is 11.6 Å². The van der Waals surface area contributed by atoms with Crippen molar-refractivity contribution in [3.05, 3.63) is 70.8 Å². The smallest absolute Gasteiger partial charge is 0.251 e. The van der Waals surface area contributed by atoms with Crippen molar-refractivity contribution in [1.82, 2.24) is 5.32 Å². The summed E-state index contributed by atoms with van der Waals surface area (Å²) in [6, 6.07) is 10.3. The fourth-order valence-electron chi connectivity index (χ4n) is 1.97. The summed E-state index contributed by atoms with van der Waals surface area (Å²) in [5.41, 5.74) is 1.87. The van der Waals surface area contributed by atoms with Gasteiger partial charge in [0.25, 0.3) is 5.91 Å². The Hall–Kier alpha value is -1.94. The van der Waals surface area contributed by atoms with Gasteiger partial charge in [-0.1, -0.05) is 12.1 Å². The molecule has 1 N–H and O–H groups in total. The van der Waals surface area contributed by atoms with Gasteiger partial charge in [0.2, 0.25) is 0 Å². The van der Waals surface area contributed by atoms with Crippen LogP contribution in [0.4, 0.5) is 8.78 Å². The van der Waals surface area contributed by atoms with Crippen molar-refractivity contribution in [3.8, 4) is 0 Å². The molecule has 21 heavy (non-hydrogen) atoms. The molecule has 2 rings (SSSR count). The molecule has 0 aliphatic heterocycles. The van der Waals surface area contributed by atoms with Crippen molar-refractivity contribution in [2.45, 2.75) is 12.3 Å². The first kappa shape index (κ1) is 15.4. The normalized spacial score (nSPS) is 10.4. The summed E-state index contributed by atoms with van der Waals surface area (Å²) < 4.78 is 26.0. The Labute approximate surface area is 126 Å². The number of benzene rings is 2. The molecule has 0 aliphatic carbocycles. The molecule has 0 saturated heterocycles. The van der Waals surface area contributed by atoms with Gasteiger partial charge in [-0.3, -0.25) is 4.79 Å². The number of carbonyl (C=O) groups is 1. The molecule has 5 heteroatoms. The second-order valence-electron chi connectivity index (χ2n) is 4.62. The van der Waals surface area contributed by atoms with Crippen LogP contribution in [0, 0.1) is 11.6 Å². The van der Waals surface area contributed by atoms with Gasteiger partial charge in [-0.15, -0.1) is 11.6 Å². The molecule has 0 radical (unpaired) electrons. The van der Waals surface area contributed by atoms with E-state index in [1.807, 2.05) is 6.07 Å². The zero-order chi connectivity index (χ0) is 15.2. The fraction of sp³-hybridized carbons (Fsp3) is 0.188. The molecule has 2 nitrogen and oxygen atoms in total. The van der Waals surface area contributed by atoms with Gasteiger partial charge in [-0.2, -0.15) is 0 Å². The Balaban J connectivity index is 1.92. The summed E-state index contributed by atoms with van der Waals surface area (Å²) in [4.78, 5) is 11.9. The topological polar surface area (TPSA) is 29.1 Å². The third kappa shape index (κ3) is 4.53. The number of nitrogens with one attached hydrogen (secondary N) is 1. The molecule has 0 atom stereocenters. The van der Waals surface area contributed by atoms with Crippen molar-refractivity contribution in [1.29, 1.82) is 0 Å². The average molecular weight is 310 g/mol. The van der Waals surface area contributed by atoms with E-state index in [2.05, 4.69) is 5.32 Å². The van der Waals surface area contributed by atoms with Crippen LogP contribution in [-0.2, 0) is 12.3 Å². The van der Waals surface area contributed by atoms with Crippen molar-refractivity contribution in [3.63, 3.8) is 0 Å². The Morgan fingerprint density at radius 1 is 1.05 bits per heavy atom. The van der Waals surface area contributed by atoms with Crippen molar-refractivity contribution >= 4 is 17.5 Å². The minimum absolute atomic E-state index is 0.237. The number of carbonyl (C=O) groups excluding carboxylic acids is 1. The monoisotopic (exact) mass is 309 g/mol. The van der Waals surface area contributed by atoms with E-state index in [0.717, 1.165) is 11.6 Å². The number of amides is 1. The zero-order valence-corrected chi connectivity index (χ0v) is 12.0. The van der Waals surface area contributed by atoms with Crippen molar-refractivity contribution in [2.75, 3.05) is 6.54 Å². The fourth-order valence-corrected chi connectivity index (χ4v) is 2.14. The molecular weight excluding hydrogens is 296 g/mol. The second kappa shape index (κ2) is 7.18. The van der Waals surface area contributed by atoms with Gasteiger partial charge in [-0.05, 0) is 41.8 Å². The third-order valence-electron chi connectivity index (χ3n) is 2.97. The second-order valence-corrected chi connectivity index (χ2v) is 4.88. The highest BCUT2D eigenvalue weighted by Crippen LogP contribution is 2.09. The highest BCUT2D eigenvalue weighted by molar-refractivity contribution is 6.17. The van der Waals surface area contributed by atoms with Crippen LogP contribution in [0.15, 0.2) is 42.5 Å². The molecule has 0 heterocycles. The number of hydrogen-bond donors (Lipinski definition) is 1. The lowest BCUT2D eigenvalue weighted by Crippen LogP contribution is -2.25. The minimum Gasteiger partial charge on any atom is -0.352 e. The number of halogens is 3. The van der Waals surface area contributed by atoms with Crippen LogP contribution in [0.2, 0.25) is 0 Å². The van der Waals surface area contributed by atoms with Gasteiger partial charge >= 0.3 is 0 Å². The number of rotatable bonds is 5. The third-order valence-corrected chi connectivity index (χ3v) is 3.27. The maximum absolute atomic E-state index is 13.0. The molecule has 0 unspecified atom stereocenters. The van der Waals surface area contributed by atoms with Crippen LogP contribution in [0.5, 0.6) is 0 Å². The largest absolute Gasteiger partial charge is 0.352 e. The van der Waals surface area contributed by atoms with E-state index in [9.17, 15) is 13.6 Å². The average Bonchev–Trinajstić information content (AvgIpc) is 2.46. The van der Waals surface area contributed by atoms with Crippen molar-refractivity contribution < 1.29 is 13.6 Å². The van der Waals surface area contributed by atoms with E-state index in [1.165, 1.54) is 12.1 Å². The maximum atomic E-state index is 13.0. The van der Waals surface area contributed by atoms with E-state index >= 15 is 0 Å². The summed E-state index contributed by atoms with van der Waals surface area (Å²) in [6.45, 7) is 0.298. The Bertz CT molecular complexity index is 626.